The van der Waals surface area contributed by atoms with Crippen LogP contribution in [0.15, 0.2) is 47.4 Å². The van der Waals surface area contributed by atoms with E-state index < -0.39 is 10.0 Å². The Bertz CT molecular complexity index is 946. The van der Waals surface area contributed by atoms with Crippen LogP contribution in [0.2, 0.25) is 10.0 Å². The Morgan fingerprint density at radius 2 is 1.81 bits per heavy atom. The average molecular weight is 427 g/mol. The fourth-order valence-corrected chi connectivity index (χ4v) is 4.96. The number of carbonyl (C=O) groups is 1. The third-order valence-corrected chi connectivity index (χ3v) is 6.73. The third kappa shape index (κ3) is 4.57. The number of nitrogens with one attached hydrogen (secondary N) is 1. The average Bonchev–Trinajstić information content (AvgIpc) is 2.64. The number of sulfonamides is 1. The summed E-state index contributed by atoms with van der Waals surface area (Å²) in [6.45, 7) is 2.80. The lowest BCUT2D eigenvalue weighted by atomic mass is 10.0. The lowest BCUT2D eigenvalue weighted by Gasteiger charge is -2.33. The number of hydrogen-bond donors (Lipinski definition) is 1. The Balaban J connectivity index is 1.77. The van der Waals surface area contributed by atoms with Crippen molar-refractivity contribution >= 4 is 44.8 Å². The monoisotopic (exact) mass is 426 g/mol. The van der Waals surface area contributed by atoms with Gasteiger partial charge in [-0.1, -0.05) is 23.2 Å². The maximum Gasteiger partial charge on any atom is 0.263 e. The maximum atomic E-state index is 12.7. The molecule has 1 saturated heterocycles. The van der Waals surface area contributed by atoms with Gasteiger partial charge in [0.05, 0.1) is 5.02 Å². The van der Waals surface area contributed by atoms with Gasteiger partial charge in [0.15, 0.2) is 0 Å². The van der Waals surface area contributed by atoms with Crippen LogP contribution < -0.4 is 4.72 Å². The van der Waals surface area contributed by atoms with E-state index in [-0.39, 0.29) is 26.9 Å². The highest BCUT2D eigenvalue weighted by Gasteiger charge is 2.24. The lowest BCUT2D eigenvalue weighted by Crippen LogP contribution is -2.42. The van der Waals surface area contributed by atoms with E-state index in [1.807, 2.05) is 11.8 Å². The molecular weight excluding hydrogens is 407 g/mol. The van der Waals surface area contributed by atoms with Gasteiger partial charge in [0.2, 0.25) is 0 Å². The van der Waals surface area contributed by atoms with Gasteiger partial charge in [-0.25, -0.2) is 8.42 Å². The second-order valence-corrected chi connectivity index (χ2v) is 9.10. The topological polar surface area (TPSA) is 66.5 Å². The van der Waals surface area contributed by atoms with Crippen LogP contribution in [-0.4, -0.2) is 31.8 Å². The fourth-order valence-electron chi connectivity index (χ4n) is 3.14. The molecule has 3 rings (SSSR count). The van der Waals surface area contributed by atoms with Gasteiger partial charge in [-0.2, -0.15) is 0 Å². The summed E-state index contributed by atoms with van der Waals surface area (Å²) in [5.74, 6) is -0.0329. The highest BCUT2D eigenvalue weighted by Crippen LogP contribution is 2.27. The molecule has 2 aromatic rings. The number of carbonyl (C=O) groups excluding carboxylic acids is 1. The van der Waals surface area contributed by atoms with Crippen molar-refractivity contribution in [2.75, 3.05) is 11.3 Å². The van der Waals surface area contributed by atoms with E-state index in [2.05, 4.69) is 4.72 Å². The quantitative estimate of drug-likeness (QED) is 0.762. The molecule has 1 atom stereocenters. The van der Waals surface area contributed by atoms with Crippen LogP contribution >= 0.6 is 23.2 Å². The molecule has 0 bridgehead atoms. The van der Waals surface area contributed by atoms with Crippen molar-refractivity contribution in [3.05, 3.63) is 58.1 Å². The standard InChI is InChI=1S/C19H20Cl2N2O3S/c1-13-4-2-3-11-23(13)19(24)14-5-8-16(9-6-14)22-27(25,26)18-12-15(20)7-10-17(18)21/h5-10,12-13,22H,2-4,11H2,1H3. The second-order valence-electron chi connectivity index (χ2n) is 6.60. The van der Waals surface area contributed by atoms with Crippen molar-refractivity contribution in [3.63, 3.8) is 0 Å². The third-order valence-electron chi connectivity index (χ3n) is 4.63. The molecular formula is C19H20Cl2N2O3S. The number of halogens is 2. The molecule has 0 aromatic heterocycles. The zero-order chi connectivity index (χ0) is 19.6. The van der Waals surface area contributed by atoms with E-state index in [1.54, 1.807) is 24.3 Å². The van der Waals surface area contributed by atoms with Gasteiger partial charge in [0.1, 0.15) is 4.90 Å². The Kier molecular flexibility index (Phi) is 5.99. The molecule has 1 aliphatic rings. The normalized spacial score (nSPS) is 17.6. The highest BCUT2D eigenvalue weighted by molar-refractivity contribution is 7.92. The zero-order valence-corrected chi connectivity index (χ0v) is 17.1. The lowest BCUT2D eigenvalue weighted by molar-refractivity contribution is 0.0635. The van der Waals surface area contributed by atoms with Crippen LogP contribution in [0.3, 0.4) is 0 Å². The largest absolute Gasteiger partial charge is 0.336 e. The molecule has 5 nitrogen and oxygen atoms in total. The number of likely N-dealkylation sites (tertiary alicyclic amines) is 1. The van der Waals surface area contributed by atoms with Gasteiger partial charge in [-0.05, 0) is 68.7 Å². The number of nitrogens with zero attached hydrogens (tertiary/aromatic N) is 1. The molecule has 0 saturated carbocycles. The predicted molar refractivity (Wildman–Crippen MR) is 108 cm³/mol. The van der Waals surface area contributed by atoms with E-state index in [0.29, 0.717) is 11.3 Å². The van der Waals surface area contributed by atoms with E-state index in [9.17, 15) is 13.2 Å². The molecule has 1 aliphatic heterocycles. The Morgan fingerprint density at radius 3 is 2.48 bits per heavy atom. The predicted octanol–water partition coefficient (Wildman–Crippen LogP) is 4.81. The zero-order valence-electron chi connectivity index (χ0n) is 14.8. The van der Waals surface area contributed by atoms with Crippen LogP contribution in [0.1, 0.15) is 36.5 Å². The Labute approximate surface area is 169 Å². The first-order chi connectivity index (χ1) is 12.8. The Hall–Kier alpha value is -1.76. The molecule has 1 N–H and O–H groups in total. The number of amides is 1. The molecule has 144 valence electrons. The van der Waals surface area contributed by atoms with Gasteiger partial charge in [-0.3, -0.25) is 9.52 Å². The van der Waals surface area contributed by atoms with Crippen LogP contribution in [0.25, 0.3) is 0 Å². The molecule has 1 unspecified atom stereocenters. The summed E-state index contributed by atoms with van der Waals surface area (Å²) in [5.41, 5.74) is 0.877. The smallest absolute Gasteiger partial charge is 0.263 e. The highest BCUT2D eigenvalue weighted by atomic mass is 35.5. The summed E-state index contributed by atoms with van der Waals surface area (Å²) >= 11 is 11.9. The molecule has 0 spiro atoms. The number of anilines is 1. The molecule has 1 fully saturated rings. The number of rotatable bonds is 4. The number of piperidine rings is 1. The molecule has 0 radical (unpaired) electrons. The summed E-state index contributed by atoms with van der Waals surface area (Å²) in [7, 11) is -3.89. The van der Waals surface area contributed by atoms with E-state index >= 15 is 0 Å². The van der Waals surface area contributed by atoms with Crippen LogP contribution in [0, 0.1) is 0 Å². The van der Waals surface area contributed by atoms with Crippen LogP contribution in [-0.2, 0) is 10.0 Å². The molecule has 0 aliphatic carbocycles. The van der Waals surface area contributed by atoms with Crippen LogP contribution in [0.4, 0.5) is 5.69 Å². The fraction of sp³-hybridized carbons (Fsp3) is 0.316. The van der Waals surface area contributed by atoms with Crippen LogP contribution in [0.5, 0.6) is 0 Å². The second kappa shape index (κ2) is 8.09. The minimum Gasteiger partial charge on any atom is -0.336 e. The van der Waals surface area contributed by atoms with Gasteiger partial charge in [0, 0.05) is 28.9 Å². The van der Waals surface area contributed by atoms with Crippen molar-refractivity contribution < 1.29 is 13.2 Å². The van der Waals surface area contributed by atoms with Crippen molar-refractivity contribution in [3.8, 4) is 0 Å². The van der Waals surface area contributed by atoms with Crippen molar-refractivity contribution in [1.29, 1.82) is 0 Å². The molecule has 2 aromatic carbocycles. The Morgan fingerprint density at radius 1 is 1.11 bits per heavy atom. The maximum absolute atomic E-state index is 12.7. The SMILES string of the molecule is CC1CCCCN1C(=O)c1ccc(NS(=O)(=O)c2cc(Cl)ccc2Cl)cc1. The van der Waals surface area contributed by atoms with Gasteiger partial charge < -0.3 is 4.90 Å². The van der Waals surface area contributed by atoms with Gasteiger partial charge in [-0.15, -0.1) is 0 Å². The summed E-state index contributed by atoms with van der Waals surface area (Å²) < 4.78 is 27.6. The molecule has 1 heterocycles. The summed E-state index contributed by atoms with van der Waals surface area (Å²) in [6, 6.07) is 10.8. The van der Waals surface area contributed by atoms with E-state index in [1.165, 1.54) is 18.2 Å². The molecule has 27 heavy (non-hydrogen) atoms. The summed E-state index contributed by atoms with van der Waals surface area (Å²) in [5, 5.41) is 0.356. The summed E-state index contributed by atoms with van der Waals surface area (Å²) in [4.78, 5) is 14.4. The van der Waals surface area contributed by atoms with Gasteiger partial charge >= 0.3 is 0 Å². The molecule has 1 amide bonds. The van der Waals surface area contributed by atoms with Crippen molar-refractivity contribution in [1.82, 2.24) is 4.90 Å². The first-order valence-corrected chi connectivity index (χ1v) is 10.9. The van der Waals surface area contributed by atoms with E-state index in [4.69, 9.17) is 23.2 Å². The minimum atomic E-state index is -3.89. The molecule has 8 heteroatoms. The minimum absolute atomic E-state index is 0.0329. The van der Waals surface area contributed by atoms with Gasteiger partial charge in [0.25, 0.3) is 15.9 Å². The number of benzene rings is 2. The summed E-state index contributed by atoms with van der Waals surface area (Å²) in [6.07, 6.45) is 3.15. The first-order valence-electron chi connectivity index (χ1n) is 8.67. The van der Waals surface area contributed by atoms with Crippen molar-refractivity contribution in [2.24, 2.45) is 0 Å². The van der Waals surface area contributed by atoms with E-state index in [0.717, 1.165) is 25.8 Å². The number of hydrogen-bond acceptors (Lipinski definition) is 3. The first kappa shape index (κ1) is 20.0. The van der Waals surface area contributed by atoms with Crippen molar-refractivity contribution in [2.45, 2.75) is 37.1 Å².